The van der Waals surface area contributed by atoms with Crippen LogP contribution in [0.25, 0.3) is 10.4 Å². The van der Waals surface area contributed by atoms with Crippen LogP contribution in [-0.2, 0) is 4.79 Å². The van der Waals surface area contributed by atoms with Gasteiger partial charge in [0, 0.05) is 23.9 Å². The molecule has 1 N–H and O–H groups in total. The lowest BCUT2D eigenvalue weighted by molar-refractivity contribution is -0.132. The maximum absolute atomic E-state index is 11.5. The first kappa shape index (κ1) is 11.8. The molecular formula is C9H16N4O2. The van der Waals surface area contributed by atoms with Crippen molar-refractivity contribution in [2.24, 2.45) is 11.0 Å². The SMILES string of the molecule is C[C@H](O)[C@H]1CCCN(C(=O)CN=[N+]=[N-])C1. The highest BCUT2D eigenvalue weighted by molar-refractivity contribution is 5.78. The van der Waals surface area contributed by atoms with Gasteiger partial charge in [-0.15, -0.1) is 0 Å². The molecule has 0 aromatic heterocycles. The Morgan fingerprint density at radius 1 is 1.80 bits per heavy atom. The fourth-order valence-electron chi connectivity index (χ4n) is 1.82. The van der Waals surface area contributed by atoms with Crippen LogP contribution in [0.15, 0.2) is 5.11 Å². The predicted octanol–water partition coefficient (Wildman–Crippen LogP) is 0.916. The number of piperidine rings is 1. The largest absolute Gasteiger partial charge is 0.393 e. The average Bonchev–Trinajstić information content (AvgIpc) is 2.26. The topological polar surface area (TPSA) is 89.3 Å². The summed E-state index contributed by atoms with van der Waals surface area (Å²) in [6.07, 6.45) is 1.46. The van der Waals surface area contributed by atoms with Gasteiger partial charge in [0.05, 0.1) is 6.10 Å². The van der Waals surface area contributed by atoms with Crippen LogP contribution >= 0.6 is 0 Å². The molecule has 1 aliphatic rings. The molecule has 0 spiro atoms. The van der Waals surface area contributed by atoms with Gasteiger partial charge in [0.15, 0.2) is 0 Å². The van der Waals surface area contributed by atoms with E-state index in [-0.39, 0.29) is 24.5 Å². The van der Waals surface area contributed by atoms with E-state index in [4.69, 9.17) is 5.53 Å². The zero-order chi connectivity index (χ0) is 11.3. The lowest BCUT2D eigenvalue weighted by Crippen LogP contribution is -2.43. The molecule has 0 unspecified atom stereocenters. The molecule has 1 aliphatic heterocycles. The molecule has 6 heteroatoms. The van der Waals surface area contributed by atoms with E-state index in [1.807, 2.05) is 0 Å². The third-order valence-electron chi connectivity index (χ3n) is 2.76. The summed E-state index contributed by atoms with van der Waals surface area (Å²) in [5.41, 5.74) is 8.10. The monoisotopic (exact) mass is 212 g/mol. The van der Waals surface area contributed by atoms with Crippen molar-refractivity contribution >= 4 is 5.91 Å². The average molecular weight is 212 g/mol. The molecule has 84 valence electrons. The van der Waals surface area contributed by atoms with E-state index in [2.05, 4.69) is 10.0 Å². The zero-order valence-electron chi connectivity index (χ0n) is 8.83. The van der Waals surface area contributed by atoms with E-state index in [0.717, 1.165) is 12.8 Å². The maximum atomic E-state index is 11.5. The number of hydrogen-bond donors (Lipinski definition) is 1. The van der Waals surface area contributed by atoms with Crippen molar-refractivity contribution < 1.29 is 9.90 Å². The Morgan fingerprint density at radius 2 is 2.53 bits per heavy atom. The van der Waals surface area contributed by atoms with Gasteiger partial charge in [0.25, 0.3) is 0 Å². The second-order valence-electron chi connectivity index (χ2n) is 3.87. The summed E-state index contributed by atoms with van der Waals surface area (Å²) in [5, 5.41) is 12.7. The van der Waals surface area contributed by atoms with Crippen LogP contribution in [0.5, 0.6) is 0 Å². The standard InChI is InChI=1S/C9H16N4O2/c1-7(14)8-3-2-4-13(6-8)9(15)5-11-12-10/h7-8,14H,2-6H2,1H3/t7-,8-/m0/s1. The number of carbonyl (C=O) groups excluding carboxylic acids is 1. The van der Waals surface area contributed by atoms with Gasteiger partial charge in [-0.05, 0) is 25.3 Å². The minimum absolute atomic E-state index is 0.122. The molecule has 0 bridgehead atoms. The van der Waals surface area contributed by atoms with Crippen LogP contribution < -0.4 is 0 Å². The first-order valence-corrected chi connectivity index (χ1v) is 5.12. The zero-order valence-corrected chi connectivity index (χ0v) is 8.83. The lowest BCUT2D eigenvalue weighted by atomic mass is 9.93. The molecule has 0 aromatic rings. The second kappa shape index (κ2) is 5.58. The number of rotatable bonds is 3. The number of carbonyl (C=O) groups is 1. The summed E-state index contributed by atoms with van der Waals surface area (Å²) < 4.78 is 0. The Kier molecular flexibility index (Phi) is 4.39. The number of nitrogens with zero attached hydrogens (tertiary/aromatic N) is 4. The molecular weight excluding hydrogens is 196 g/mol. The number of aliphatic hydroxyl groups is 1. The quantitative estimate of drug-likeness (QED) is 0.428. The molecule has 0 saturated carbocycles. The molecule has 1 rings (SSSR count). The Morgan fingerprint density at radius 3 is 3.13 bits per heavy atom. The van der Waals surface area contributed by atoms with Gasteiger partial charge in [-0.1, -0.05) is 5.11 Å². The van der Waals surface area contributed by atoms with Crippen LogP contribution in [0.2, 0.25) is 0 Å². The van der Waals surface area contributed by atoms with Gasteiger partial charge in [-0.3, -0.25) is 4.79 Å². The summed E-state index contributed by atoms with van der Waals surface area (Å²) in [4.78, 5) is 15.7. The van der Waals surface area contributed by atoms with Crippen molar-refractivity contribution in [1.29, 1.82) is 0 Å². The van der Waals surface area contributed by atoms with Crippen molar-refractivity contribution in [3.05, 3.63) is 10.4 Å². The van der Waals surface area contributed by atoms with Crippen LogP contribution in [0.3, 0.4) is 0 Å². The third-order valence-corrected chi connectivity index (χ3v) is 2.76. The van der Waals surface area contributed by atoms with Crippen LogP contribution in [0.1, 0.15) is 19.8 Å². The molecule has 1 amide bonds. The normalized spacial score (nSPS) is 23.1. The fraction of sp³-hybridized carbons (Fsp3) is 0.889. The summed E-state index contributed by atoms with van der Waals surface area (Å²) in [5.74, 6) is -0.00749. The van der Waals surface area contributed by atoms with Gasteiger partial charge in [-0.25, -0.2) is 0 Å². The summed E-state index contributed by atoms with van der Waals surface area (Å²) in [6, 6.07) is 0. The predicted molar refractivity (Wildman–Crippen MR) is 55.0 cm³/mol. The van der Waals surface area contributed by atoms with Crippen molar-refractivity contribution in [2.45, 2.75) is 25.9 Å². The Bertz CT molecular complexity index is 273. The molecule has 1 heterocycles. The van der Waals surface area contributed by atoms with Gasteiger partial charge in [0.2, 0.25) is 5.91 Å². The van der Waals surface area contributed by atoms with Crippen molar-refractivity contribution in [3.8, 4) is 0 Å². The van der Waals surface area contributed by atoms with Crippen LogP contribution in [-0.4, -0.2) is 41.7 Å². The van der Waals surface area contributed by atoms with Crippen molar-refractivity contribution in [3.63, 3.8) is 0 Å². The number of azide groups is 1. The number of aliphatic hydroxyl groups excluding tert-OH is 1. The highest BCUT2D eigenvalue weighted by Gasteiger charge is 2.25. The number of hydrogen-bond acceptors (Lipinski definition) is 3. The van der Waals surface area contributed by atoms with Crippen LogP contribution in [0, 0.1) is 5.92 Å². The van der Waals surface area contributed by atoms with Crippen LogP contribution in [0.4, 0.5) is 0 Å². The highest BCUT2D eigenvalue weighted by atomic mass is 16.3. The van der Waals surface area contributed by atoms with E-state index >= 15 is 0 Å². The Balaban J connectivity index is 2.48. The first-order valence-electron chi connectivity index (χ1n) is 5.12. The van der Waals surface area contributed by atoms with Gasteiger partial charge in [-0.2, -0.15) is 0 Å². The van der Waals surface area contributed by atoms with E-state index in [0.29, 0.717) is 13.1 Å². The molecule has 1 fully saturated rings. The molecule has 0 aliphatic carbocycles. The second-order valence-corrected chi connectivity index (χ2v) is 3.87. The molecule has 15 heavy (non-hydrogen) atoms. The van der Waals surface area contributed by atoms with E-state index < -0.39 is 0 Å². The maximum Gasteiger partial charge on any atom is 0.228 e. The first-order chi connectivity index (χ1) is 7.15. The van der Waals surface area contributed by atoms with Gasteiger partial charge < -0.3 is 10.0 Å². The minimum atomic E-state index is -0.389. The van der Waals surface area contributed by atoms with E-state index in [9.17, 15) is 9.90 Å². The summed E-state index contributed by atoms with van der Waals surface area (Å²) in [7, 11) is 0. The summed E-state index contributed by atoms with van der Waals surface area (Å²) >= 11 is 0. The molecule has 2 atom stereocenters. The van der Waals surface area contributed by atoms with E-state index in [1.54, 1.807) is 11.8 Å². The summed E-state index contributed by atoms with van der Waals surface area (Å²) in [6.45, 7) is 2.88. The van der Waals surface area contributed by atoms with Crippen molar-refractivity contribution in [1.82, 2.24) is 4.90 Å². The molecule has 0 radical (unpaired) electrons. The highest BCUT2D eigenvalue weighted by Crippen LogP contribution is 2.19. The number of amides is 1. The minimum Gasteiger partial charge on any atom is -0.393 e. The molecule has 1 saturated heterocycles. The smallest absolute Gasteiger partial charge is 0.228 e. The fourth-order valence-corrected chi connectivity index (χ4v) is 1.82. The lowest BCUT2D eigenvalue weighted by Gasteiger charge is -2.33. The van der Waals surface area contributed by atoms with Gasteiger partial charge in [0.1, 0.15) is 6.54 Å². The van der Waals surface area contributed by atoms with Gasteiger partial charge >= 0.3 is 0 Å². The Hall–Kier alpha value is -1.26. The molecule has 6 nitrogen and oxygen atoms in total. The van der Waals surface area contributed by atoms with Crippen molar-refractivity contribution in [2.75, 3.05) is 19.6 Å². The molecule has 0 aromatic carbocycles. The Labute approximate surface area is 88.5 Å². The third kappa shape index (κ3) is 3.42. The number of likely N-dealkylation sites (tertiary alicyclic amines) is 1. The van der Waals surface area contributed by atoms with E-state index in [1.165, 1.54) is 0 Å².